The molecule has 0 aliphatic carbocycles. The second kappa shape index (κ2) is 7.58. The molecular weight excluding hydrogens is 302 g/mol. The molecule has 2 atom stereocenters. The molecule has 2 aromatic rings. The fourth-order valence-corrected chi connectivity index (χ4v) is 3.19. The third-order valence-corrected chi connectivity index (χ3v) is 4.66. The first-order chi connectivity index (χ1) is 11.7. The fraction of sp³-hybridized carbons (Fsp3) is 0.400. The molecule has 0 spiro atoms. The van der Waals surface area contributed by atoms with Crippen molar-refractivity contribution in [3.8, 4) is 17.2 Å². The molecule has 1 aliphatic rings. The van der Waals surface area contributed by atoms with E-state index in [1.54, 1.807) is 14.2 Å². The zero-order valence-corrected chi connectivity index (χ0v) is 14.5. The second-order valence-corrected chi connectivity index (χ2v) is 6.12. The molecular formula is C20H25NO3. The van der Waals surface area contributed by atoms with Crippen molar-refractivity contribution >= 4 is 0 Å². The molecule has 0 fully saturated rings. The van der Waals surface area contributed by atoms with Gasteiger partial charge in [-0.3, -0.25) is 0 Å². The Kier molecular flexibility index (Phi) is 5.26. The molecule has 0 bridgehead atoms. The normalized spacial score (nSPS) is 17.5. The zero-order valence-electron chi connectivity index (χ0n) is 14.5. The van der Waals surface area contributed by atoms with E-state index in [1.807, 2.05) is 18.2 Å². The van der Waals surface area contributed by atoms with Crippen molar-refractivity contribution in [2.75, 3.05) is 27.4 Å². The van der Waals surface area contributed by atoms with E-state index in [-0.39, 0.29) is 6.04 Å². The molecule has 24 heavy (non-hydrogen) atoms. The molecule has 1 heterocycles. The Balaban J connectivity index is 1.67. The number of ether oxygens (including phenoxy) is 3. The summed E-state index contributed by atoms with van der Waals surface area (Å²) in [6.45, 7) is 3.89. The van der Waals surface area contributed by atoms with Crippen LogP contribution < -0.4 is 19.5 Å². The Bertz CT molecular complexity index is 686. The molecule has 4 heteroatoms. The molecule has 2 aromatic carbocycles. The summed E-state index contributed by atoms with van der Waals surface area (Å²) < 4.78 is 16.4. The molecule has 0 saturated carbocycles. The number of para-hydroxylation sites is 1. The predicted molar refractivity (Wildman–Crippen MR) is 95.3 cm³/mol. The van der Waals surface area contributed by atoms with Crippen LogP contribution in [0.1, 0.15) is 36.4 Å². The molecule has 4 nitrogen and oxygen atoms in total. The van der Waals surface area contributed by atoms with Crippen molar-refractivity contribution in [3.63, 3.8) is 0 Å². The minimum atomic E-state index is 0.236. The first-order valence-electron chi connectivity index (χ1n) is 8.40. The number of nitrogens with one attached hydrogen (secondary N) is 1. The van der Waals surface area contributed by atoms with Crippen molar-refractivity contribution < 1.29 is 14.2 Å². The van der Waals surface area contributed by atoms with Crippen LogP contribution in [0.5, 0.6) is 17.2 Å². The van der Waals surface area contributed by atoms with Crippen LogP contribution in [0.4, 0.5) is 0 Å². The van der Waals surface area contributed by atoms with Gasteiger partial charge in [-0.05, 0) is 42.7 Å². The molecule has 1 unspecified atom stereocenters. The number of hydrogen-bond acceptors (Lipinski definition) is 4. The van der Waals surface area contributed by atoms with Gasteiger partial charge in [-0.1, -0.05) is 24.3 Å². The molecule has 0 amide bonds. The summed E-state index contributed by atoms with van der Waals surface area (Å²) >= 11 is 0. The topological polar surface area (TPSA) is 39.7 Å². The van der Waals surface area contributed by atoms with Gasteiger partial charge in [0.15, 0.2) is 11.5 Å². The van der Waals surface area contributed by atoms with Crippen molar-refractivity contribution in [2.45, 2.75) is 25.3 Å². The Labute approximate surface area is 143 Å². The fourth-order valence-electron chi connectivity index (χ4n) is 3.19. The summed E-state index contributed by atoms with van der Waals surface area (Å²) in [7, 11) is 3.32. The van der Waals surface area contributed by atoms with Crippen LogP contribution in [-0.2, 0) is 0 Å². The van der Waals surface area contributed by atoms with Gasteiger partial charge in [0.2, 0.25) is 0 Å². The summed E-state index contributed by atoms with van der Waals surface area (Å²) in [6.07, 6.45) is 1.04. The molecule has 0 radical (unpaired) electrons. The average molecular weight is 327 g/mol. The van der Waals surface area contributed by atoms with Gasteiger partial charge in [0, 0.05) is 18.5 Å². The van der Waals surface area contributed by atoms with Crippen molar-refractivity contribution in [1.82, 2.24) is 5.32 Å². The minimum Gasteiger partial charge on any atom is -0.493 e. The molecule has 128 valence electrons. The smallest absolute Gasteiger partial charge is 0.161 e. The Morgan fingerprint density at radius 2 is 1.92 bits per heavy atom. The van der Waals surface area contributed by atoms with E-state index in [0.29, 0.717) is 5.92 Å². The highest BCUT2D eigenvalue weighted by molar-refractivity contribution is 5.43. The summed E-state index contributed by atoms with van der Waals surface area (Å²) in [5, 5.41) is 3.65. The molecule has 1 N–H and O–H groups in total. The standard InChI is InChI=1S/C20H25NO3/c1-14(15-8-9-19(22-2)20(12-15)23-3)21-13-16-10-11-24-18-7-5-4-6-17(16)18/h4-9,12,14,16,21H,10-11,13H2,1-3H3/t14?,16-/m0/s1. The predicted octanol–water partition coefficient (Wildman–Crippen LogP) is 3.92. The maximum Gasteiger partial charge on any atom is 0.161 e. The molecule has 1 aliphatic heterocycles. The van der Waals surface area contributed by atoms with Crippen LogP contribution in [-0.4, -0.2) is 27.4 Å². The monoisotopic (exact) mass is 327 g/mol. The van der Waals surface area contributed by atoms with E-state index in [2.05, 4.69) is 36.5 Å². The van der Waals surface area contributed by atoms with Crippen molar-refractivity contribution in [1.29, 1.82) is 0 Å². The van der Waals surface area contributed by atoms with E-state index in [9.17, 15) is 0 Å². The Morgan fingerprint density at radius 1 is 1.12 bits per heavy atom. The second-order valence-electron chi connectivity index (χ2n) is 6.12. The van der Waals surface area contributed by atoms with E-state index in [1.165, 1.54) is 11.1 Å². The Hall–Kier alpha value is -2.20. The van der Waals surface area contributed by atoms with Gasteiger partial charge in [-0.15, -0.1) is 0 Å². The lowest BCUT2D eigenvalue weighted by Crippen LogP contribution is -2.28. The summed E-state index contributed by atoms with van der Waals surface area (Å²) in [5.41, 5.74) is 2.49. The third kappa shape index (κ3) is 3.49. The third-order valence-electron chi connectivity index (χ3n) is 4.66. The maximum absolute atomic E-state index is 5.74. The lowest BCUT2D eigenvalue weighted by atomic mass is 9.92. The molecule has 3 rings (SSSR count). The number of methoxy groups -OCH3 is 2. The van der Waals surface area contributed by atoms with Crippen LogP contribution in [0.3, 0.4) is 0 Å². The highest BCUT2D eigenvalue weighted by Gasteiger charge is 2.21. The van der Waals surface area contributed by atoms with Gasteiger partial charge in [-0.2, -0.15) is 0 Å². The first-order valence-corrected chi connectivity index (χ1v) is 8.40. The van der Waals surface area contributed by atoms with Crippen LogP contribution in [0, 0.1) is 0 Å². The highest BCUT2D eigenvalue weighted by atomic mass is 16.5. The first kappa shape index (κ1) is 16.7. The summed E-state index contributed by atoms with van der Waals surface area (Å²) in [5.74, 6) is 3.03. The van der Waals surface area contributed by atoms with Crippen LogP contribution in [0.15, 0.2) is 42.5 Å². The number of hydrogen-bond donors (Lipinski definition) is 1. The molecule has 0 saturated heterocycles. The highest BCUT2D eigenvalue weighted by Crippen LogP contribution is 2.34. The maximum atomic E-state index is 5.74. The van der Waals surface area contributed by atoms with Crippen molar-refractivity contribution in [3.05, 3.63) is 53.6 Å². The van der Waals surface area contributed by atoms with Gasteiger partial charge < -0.3 is 19.5 Å². The van der Waals surface area contributed by atoms with Crippen LogP contribution >= 0.6 is 0 Å². The quantitative estimate of drug-likeness (QED) is 0.873. The van der Waals surface area contributed by atoms with Crippen molar-refractivity contribution in [2.24, 2.45) is 0 Å². The lowest BCUT2D eigenvalue weighted by Gasteiger charge is -2.27. The van der Waals surface area contributed by atoms with Gasteiger partial charge in [0.25, 0.3) is 0 Å². The number of fused-ring (bicyclic) bond motifs is 1. The minimum absolute atomic E-state index is 0.236. The molecule has 0 aromatic heterocycles. The zero-order chi connectivity index (χ0) is 16.9. The van der Waals surface area contributed by atoms with Gasteiger partial charge >= 0.3 is 0 Å². The van der Waals surface area contributed by atoms with Crippen LogP contribution in [0.25, 0.3) is 0 Å². The van der Waals surface area contributed by atoms with Crippen LogP contribution in [0.2, 0.25) is 0 Å². The van der Waals surface area contributed by atoms with E-state index in [0.717, 1.165) is 36.8 Å². The number of rotatable bonds is 6. The summed E-state index contributed by atoms with van der Waals surface area (Å²) in [6, 6.07) is 14.6. The SMILES string of the molecule is COc1ccc(C(C)NC[C@@H]2CCOc3ccccc32)cc1OC. The summed E-state index contributed by atoms with van der Waals surface area (Å²) in [4.78, 5) is 0. The largest absolute Gasteiger partial charge is 0.493 e. The van der Waals surface area contributed by atoms with E-state index < -0.39 is 0 Å². The average Bonchev–Trinajstić information content (AvgIpc) is 2.65. The van der Waals surface area contributed by atoms with Gasteiger partial charge in [-0.25, -0.2) is 0 Å². The van der Waals surface area contributed by atoms with Gasteiger partial charge in [0.05, 0.1) is 20.8 Å². The number of benzene rings is 2. The van der Waals surface area contributed by atoms with E-state index >= 15 is 0 Å². The van der Waals surface area contributed by atoms with Gasteiger partial charge in [0.1, 0.15) is 5.75 Å². The lowest BCUT2D eigenvalue weighted by molar-refractivity contribution is 0.263. The Morgan fingerprint density at radius 3 is 2.71 bits per heavy atom. The van der Waals surface area contributed by atoms with E-state index in [4.69, 9.17) is 14.2 Å².